The van der Waals surface area contributed by atoms with Gasteiger partial charge in [0.05, 0.1) is 46.2 Å². The Morgan fingerprint density at radius 1 is 0.500 bits per heavy atom. The zero-order valence-electron chi connectivity index (χ0n) is 29.5. The van der Waals surface area contributed by atoms with Crippen molar-refractivity contribution in [2.45, 2.75) is 88.5 Å². The molecule has 2 aliphatic heterocycles. The monoisotopic (exact) mass is 710 g/mol. The van der Waals surface area contributed by atoms with Crippen LogP contribution in [0.1, 0.15) is 35.1 Å². The normalized spacial score (nSPS) is 25.7. The molecule has 0 aromatic heterocycles. The SMILES string of the molecule is C=CCCCO[C@H]1O[C@@H](CO[C@H]2O[C@H](CO)[C@@H](OCc3ccccc3)[C@H]2OCc2ccccc2)[C@H](OCc2ccccc2)[C@@H]1OCc1ccccc1. The second-order valence-corrected chi connectivity index (χ2v) is 12.9. The van der Waals surface area contributed by atoms with Crippen molar-refractivity contribution < 1.29 is 43.0 Å². The summed E-state index contributed by atoms with van der Waals surface area (Å²) in [5.74, 6) is 0. The zero-order chi connectivity index (χ0) is 35.8. The van der Waals surface area contributed by atoms with E-state index in [1.54, 1.807) is 0 Å². The number of unbranched alkanes of at least 4 members (excludes halogenated alkanes) is 1. The molecule has 1 N–H and O–H groups in total. The summed E-state index contributed by atoms with van der Waals surface area (Å²) in [4.78, 5) is 0. The molecule has 2 saturated heterocycles. The van der Waals surface area contributed by atoms with Crippen molar-refractivity contribution in [3.8, 4) is 0 Å². The minimum atomic E-state index is -0.851. The van der Waals surface area contributed by atoms with Crippen LogP contribution < -0.4 is 0 Å². The lowest BCUT2D eigenvalue weighted by molar-refractivity contribution is -0.215. The van der Waals surface area contributed by atoms with Gasteiger partial charge in [-0.15, -0.1) is 6.58 Å². The first-order chi connectivity index (χ1) is 25.7. The third-order valence-corrected chi connectivity index (χ3v) is 9.12. The van der Waals surface area contributed by atoms with Crippen molar-refractivity contribution in [1.82, 2.24) is 0 Å². The molecule has 6 rings (SSSR count). The highest BCUT2D eigenvalue weighted by atomic mass is 16.8. The second-order valence-electron chi connectivity index (χ2n) is 12.9. The summed E-state index contributed by atoms with van der Waals surface area (Å²) in [6.45, 7) is 5.50. The molecule has 2 heterocycles. The molecule has 0 amide bonds. The summed E-state index contributed by atoms with van der Waals surface area (Å²) < 4.78 is 51.6. The molecule has 0 saturated carbocycles. The fourth-order valence-corrected chi connectivity index (χ4v) is 6.37. The number of hydrogen-bond donors (Lipinski definition) is 1. The van der Waals surface area contributed by atoms with Gasteiger partial charge in [-0.2, -0.15) is 0 Å². The van der Waals surface area contributed by atoms with Gasteiger partial charge in [0, 0.05) is 0 Å². The fraction of sp³-hybridized carbons (Fsp3) is 0.395. The van der Waals surface area contributed by atoms with Gasteiger partial charge >= 0.3 is 0 Å². The number of ether oxygens (including phenoxy) is 8. The molecule has 276 valence electrons. The molecular weight excluding hydrogens is 660 g/mol. The van der Waals surface area contributed by atoms with Crippen LogP contribution in [0.25, 0.3) is 0 Å². The molecular formula is C43H50O9. The summed E-state index contributed by atoms with van der Waals surface area (Å²) in [5, 5.41) is 10.4. The average Bonchev–Trinajstić information content (AvgIpc) is 3.72. The number of aliphatic hydroxyl groups is 1. The van der Waals surface area contributed by atoms with E-state index in [4.69, 9.17) is 37.9 Å². The van der Waals surface area contributed by atoms with Crippen LogP contribution in [0, 0.1) is 0 Å². The van der Waals surface area contributed by atoms with Crippen molar-refractivity contribution in [1.29, 1.82) is 0 Å². The molecule has 9 heteroatoms. The molecule has 0 aliphatic carbocycles. The van der Waals surface area contributed by atoms with E-state index >= 15 is 0 Å². The van der Waals surface area contributed by atoms with Crippen LogP contribution in [-0.4, -0.2) is 74.1 Å². The van der Waals surface area contributed by atoms with E-state index in [0.717, 1.165) is 35.1 Å². The van der Waals surface area contributed by atoms with Crippen LogP contribution in [-0.2, 0) is 64.3 Å². The first-order valence-corrected chi connectivity index (χ1v) is 18.1. The molecule has 52 heavy (non-hydrogen) atoms. The Bertz CT molecular complexity index is 1560. The lowest BCUT2D eigenvalue weighted by atomic mass is 10.1. The lowest BCUT2D eigenvalue weighted by Crippen LogP contribution is -2.42. The third-order valence-electron chi connectivity index (χ3n) is 9.12. The van der Waals surface area contributed by atoms with Crippen LogP contribution >= 0.6 is 0 Å². The highest BCUT2D eigenvalue weighted by Crippen LogP contribution is 2.33. The molecule has 2 fully saturated rings. The number of aliphatic hydroxyl groups excluding tert-OH is 1. The van der Waals surface area contributed by atoms with E-state index in [2.05, 4.69) is 6.58 Å². The predicted octanol–water partition coefficient (Wildman–Crippen LogP) is 6.77. The summed E-state index contributed by atoms with van der Waals surface area (Å²) >= 11 is 0. The van der Waals surface area contributed by atoms with Crippen LogP contribution in [0.3, 0.4) is 0 Å². The van der Waals surface area contributed by atoms with Crippen molar-refractivity contribution in [2.75, 3.05) is 19.8 Å². The predicted molar refractivity (Wildman–Crippen MR) is 196 cm³/mol. The number of rotatable bonds is 21. The summed E-state index contributed by atoms with van der Waals surface area (Å²) in [5.41, 5.74) is 4.06. The van der Waals surface area contributed by atoms with Gasteiger partial charge in [-0.05, 0) is 35.1 Å². The van der Waals surface area contributed by atoms with E-state index in [-0.39, 0.29) is 13.2 Å². The molecule has 9 nitrogen and oxygen atoms in total. The van der Waals surface area contributed by atoms with Crippen molar-refractivity contribution in [3.63, 3.8) is 0 Å². The van der Waals surface area contributed by atoms with Crippen molar-refractivity contribution >= 4 is 0 Å². The topological polar surface area (TPSA) is 94.1 Å². The third kappa shape index (κ3) is 10.9. The fourth-order valence-electron chi connectivity index (χ4n) is 6.37. The highest BCUT2D eigenvalue weighted by Gasteiger charge is 2.50. The number of benzene rings is 4. The Balaban J connectivity index is 1.20. The molecule has 2 aliphatic rings. The van der Waals surface area contributed by atoms with Gasteiger partial charge in [-0.1, -0.05) is 127 Å². The average molecular weight is 711 g/mol. The van der Waals surface area contributed by atoms with E-state index in [1.165, 1.54) is 0 Å². The van der Waals surface area contributed by atoms with E-state index in [9.17, 15) is 5.11 Å². The molecule has 4 aromatic carbocycles. The highest BCUT2D eigenvalue weighted by molar-refractivity contribution is 5.16. The zero-order valence-corrected chi connectivity index (χ0v) is 29.5. The Morgan fingerprint density at radius 3 is 1.31 bits per heavy atom. The Morgan fingerprint density at radius 2 is 0.885 bits per heavy atom. The smallest absolute Gasteiger partial charge is 0.187 e. The van der Waals surface area contributed by atoms with Gasteiger partial charge in [0.1, 0.15) is 36.6 Å². The van der Waals surface area contributed by atoms with Crippen molar-refractivity contribution in [3.05, 3.63) is 156 Å². The van der Waals surface area contributed by atoms with Crippen LogP contribution in [0.5, 0.6) is 0 Å². The minimum Gasteiger partial charge on any atom is -0.394 e. The number of allylic oxidation sites excluding steroid dienone is 1. The Hall–Kier alpha value is -3.74. The maximum Gasteiger partial charge on any atom is 0.187 e. The lowest BCUT2D eigenvalue weighted by Gasteiger charge is -2.27. The Kier molecular flexibility index (Phi) is 15.0. The Labute approximate surface area is 307 Å². The van der Waals surface area contributed by atoms with Gasteiger partial charge in [0.25, 0.3) is 0 Å². The van der Waals surface area contributed by atoms with Gasteiger partial charge in [-0.3, -0.25) is 0 Å². The quantitative estimate of drug-likeness (QED) is 0.0743. The van der Waals surface area contributed by atoms with Crippen LogP contribution in [0.2, 0.25) is 0 Å². The van der Waals surface area contributed by atoms with E-state index < -0.39 is 49.2 Å². The first kappa shape index (κ1) is 38.0. The maximum atomic E-state index is 10.4. The largest absolute Gasteiger partial charge is 0.394 e. The molecule has 0 unspecified atom stereocenters. The minimum absolute atomic E-state index is 0.0938. The van der Waals surface area contributed by atoms with Crippen LogP contribution in [0.15, 0.2) is 134 Å². The molecule has 0 bridgehead atoms. The molecule has 8 atom stereocenters. The van der Waals surface area contributed by atoms with Crippen LogP contribution in [0.4, 0.5) is 0 Å². The van der Waals surface area contributed by atoms with Gasteiger partial charge < -0.3 is 43.0 Å². The van der Waals surface area contributed by atoms with Gasteiger partial charge in [-0.25, -0.2) is 0 Å². The summed E-state index contributed by atoms with van der Waals surface area (Å²) in [6, 6.07) is 39.8. The van der Waals surface area contributed by atoms with E-state index in [0.29, 0.717) is 33.0 Å². The second kappa shape index (κ2) is 20.5. The molecule has 4 aromatic rings. The summed E-state index contributed by atoms with van der Waals surface area (Å²) in [6.07, 6.45) is -1.56. The van der Waals surface area contributed by atoms with Crippen molar-refractivity contribution in [2.24, 2.45) is 0 Å². The summed E-state index contributed by atoms with van der Waals surface area (Å²) in [7, 11) is 0. The molecule has 0 radical (unpaired) electrons. The number of hydrogen-bond acceptors (Lipinski definition) is 9. The first-order valence-electron chi connectivity index (χ1n) is 18.1. The standard InChI is InChI=1S/C43H50O9/c1-2-3-16-25-45-42-41(49-30-35-23-14-7-15-24-35)39(47-28-33-19-10-5-11-20-33)37(52-42)31-50-43-40(48-29-34-21-12-6-13-22-34)38(36(26-44)51-43)46-27-32-17-8-4-9-18-32/h2,4-15,17-24,36-44H,1,3,16,25-31H2/t36-,37+,38-,39+,40-,41+,42+,43+/m1/s1. The van der Waals surface area contributed by atoms with E-state index in [1.807, 2.05) is 127 Å². The molecule has 0 spiro atoms. The van der Waals surface area contributed by atoms with Gasteiger partial charge in [0.15, 0.2) is 12.6 Å². The van der Waals surface area contributed by atoms with Gasteiger partial charge in [0.2, 0.25) is 0 Å². The maximum absolute atomic E-state index is 10.4.